The maximum absolute atomic E-state index is 14.0. The lowest BCUT2D eigenvalue weighted by Crippen LogP contribution is -2.00. The van der Waals surface area contributed by atoms with E-state index in [1.54, 1.807) is 78.9 Å². The number of hydrogen-bond acceptors (Lipinski definition) is 6. The molecule has 0 aliphatic carbocycles. The number of hydrogen-bond donors (Lipinski definition) is 0. The molecule has 0 aliphatic heterocycles. The van der Waals surface area contributed by atoms with Crippen LogP contribution in [0.4, 0.5) is 13.2 Å². The third kappa shape index (κ3) is 5.25. The minimum absolute atomic E-state index is 0.168. The molecular weight excluding hydrogens is 645 g/mol. The summed E-state index contributed by atoms with van der Waals surface area (Å²) in [4.78, 5) is 15.3. The van der Waals surface area contributed by atoms with Crippen molar-refractivity contribution in [1.82, 2.24) is 15.0 Å². The molecule has 6 nitrogen and oxygen atoms in total. The molecule has 0 N–H and O–H groups in total. The molecule has 0 spiro atoms. The standard InChI is InChI=1S/C42H19F3N6/c43-32-17-29(18-33(44)38(32)45)25-13-15-26(16-14-25)39-36-30(22-48)19-35-42(37(36)31-3-1-2-4-34(31)49-39)51-41(28-11-7-24(21-47)8-12-28)40(50-35)27-9-5-23(20-46)6-10-27/h1-19H. The van der Waals surface area contributed by atoms with E-state index >= 15 is 0 Å². The molecule has 51 heavy (non-hydrogen) atoms. The van der Waals surface area contributed by atoms with Gasteiger partial charge in [0.1, 0.15) is 0 Å². The fourth-order valence-corrected chi connectivity index (χ4v) is 6.31. The number of nitriles is 3. The van der Waals surface area contributed by atoms with Crippen molar-refractivity contribution in [2.75, 3.05) is 0 Å². The van der Waals surface area contributed by atoms with Gasteiger partial charge in [-0.15, -0.1) is 0 Å². The van der Waals surface area contributed by atoms with Crippen LogP contribution >= 0.6 is 0 Å². The van der Waals surface area contributed by atoms with Crippen LogP contribution in [0, 0.1) is 51.4 Å². The summed E-state index contributed by atoms with van der Waals surface area (Å²) >= 11 is 0. The maximum Gasteiger partial charge on any atom is 0.194 e. The molecule has 0 radical (unpaired) electrons. The molecule has 0 saturated carbocycles. The van der Waals surface area contributed by atoms with E-state index in [0.717, 1.165) is 17.5 Å². The zero-order chi connectivity index (χ0) is 35.2. The van der Waals surface area contributed by atoms with E-state index in [9.17, 15) is 29.0 Å². The number of halogens is 3. The minimum Gasteiger partial charge on any atom is -0.247 e. The first-order chi connectivity index (χ1) is 24.9. The Morgan fingerprint density at radius 3 is 1.55 bits per heavy atom. The van der Waals surface area contributed by atoms with Gasteiger partial charge in [-0.05, 0) is 59.7 Å². The predicted octanol–water partition coefficient (Wildman–Crippen LogP) is 10.0. The fraction of sp³-hybridized carbons (Fsp3) is 0. The van der Waals surface area contributed by atoms with Gasteiger partial charge in [0.2, 0.25) is 0 Å². The van der Waals surface area contributed by atoms with E-state index in [0.29, 0.717) is 83.3 Å². The average Bonchev–Trinajstić information content (AvgIpc) is 3.18. The zero-order valence-corrected chi connectivity index (χ0v) is 26.3. The van der Waals surface area contributed by atoms with Gasteiger partial charge in [-0.25, -0.2) is 28.1 Å². The Labute approximate surface area is 288 Å². The molecule has 8 aromatic rings. The Morgan fingerprint density at radius 1 is 0.451 bits per heavy atom. The molecule has 0 aliphatic rings. The number of para-hydroxylation sites is 1. The average molecular weight is 665 g/mol. The van der Waals surface area contributed by atoms with Crippen molar-refractivity contribution in [3.8, 4) is 63.1 Å². The summed E-state index contributed by atoms with van der Waals surface area (Å²) in [5.74, 6) is -4.11. The van der Waals surface area contributed by atoms with E-state index in [-0.39, 0.29) is 5.56 Å². The smallest absolute Gasteiger partial charge is 0.194 e. The van der Waals surface area contributed by atoms with Crippen LogP contribution in [0.2, 0.25) is 0 Å². The molecular formula is C42H19F3N6. The van der Waals surface area contributed by atoms with Crippen LogP contribution in [0.5, 0.6) is 0 Å². The summed E-state index contributed by atoms with van der Waals surface area (Å²) in [6.45, 7) is 0. The van der Waals surface area contributed by atoms with Crippen LogP contribution in [0.3, 0.4) is 0 Å². The molecule has 9 heteroatoms. The van der Waals surface area contributed by atoms with Crippen LogP contribution in [-0.2, 0) is 0 Å². The topological polar surface area (TPSA) is 110 Å². The quantitative estimate of drug-likeness (QED) is 0.137. The molecule has 0 amide bonds. The van der Waals surface area contributed by atoms with E-state index in [1.807, 2.05) is 24.3 Å². The molecule has 6 aromatic carbocycles. The van der Waals surface area contributed by atoms with Crippen LogP contribution < -0.4 is 0 Å². The van der Waals surface area contributed by atoms with Gasteiger partial charge < -0.3 is 0 Å². The molecule has 238 valence electrons. The first-order valence-electron chi connectivity index (χ1n) is 15.6. The van der Waals surface area contributed by atoms with Crippen molar-refractivity contribution in [2.24, 2.45) is 0 Å². The largest absolute Gasteiger partial charge is 0.247 e. The lowest BCUT2D eigenvalue weighted by atomic mass is 9.93. The normalized spacial score (nSPS) is 11.0. The Kier molecular flexibility index (Phi) is 7.41. The van der Waals surface area contributed by atoms with Crippen LogP contribution in [-0.4, -0.2) is 15.0 Å². The minimum atomic E-state index is -1.53. The summed E-state index contributed by atoms with van der Waals surface area (Å²) in [7, 11) is 0. The van der Waals surface area contributed by atoms with Gasteiger partial charge in [0, 0.05) is 32.8 Å². The maximum atomic E-state index is 14.0. The lowest BCUT2D eigenvalue weighted by molar-refractivity contribution is 0.448. The number of rotatable bonds is 4. The first-order valence-corrected chi connectivity index (χ1v) is 15.6. The van der Waals surface area contributed by atoms with Crippen molar-refractivity contribution in [2.45, 2.75) is 0 Å². The van der Waals surface area contributed by atoms with Gasteiger partial charge in [0.15, 0.2) is 17.5 Å². The molecule has 8 rings (SSSR count). The van der Waals surface area contributed by atoms with E-state index in [1.165, 1.54) is 0 Å². The monoisotopic (exact) mass is 664 g/mol. The number of nitrogens with zero attached hydrogens (tertiary/aromatic N) is 6. The molecule has 2 aromatic heterocycles. The highest BCUT2D eigenvalue weighted by atomic mass is 19.2. The summed E-state index contributed by atoms with van der Waals surface area (Å²) in [6, 6.07) is 38.5. The molecule has 0 unspecified atom stereocenters. The summed E-state index contributed by atoms with van der Waals surface area (Å²) in [6.07, 6.45) is 0. The van der Waals surface area contributed by atoms with Crippen LogP contribution in [0.15, 0.2) is 115 Å². The van der Waals surface area contributed by atoms with Gasteiger partial charge in [-0.2, -0.15) is 15.8 Å². The van der Waals surface area contributed by atoms with Crippen LogP contribution in [0.1, 0.15) is 16.7 Å². The fourth-order valence-electron chi connectivity index (χ4n) is 6.31. The van der Waals surface area contributed by atoms with Gasteiger partial charge in [0.05, 0.1) is 68.5 Å². The van der Waals surface area contributed by atoms with Crippen LogP contribution in [0.25, 0.3) is 77.6 Å². The van der Waals surface area contributed by atoms with Crippen molar-refractivity contribution in [3.63, 3.8) is 0 Å². The highest BCUT2D eigenvalue weighted by Crippen LogP contribution is 2.41. The Balaban J connectivity index is 1.42. The predicted molar refractivity (Wildman–Crippen MR) is 188 cm³/mol. The molecule has 0 atom stereocenters. The third-order valence-corrected chi connectivity index (χ3v) is 8.77. The Bertz CT molecular complexity index is 2820. The SMILES string of the molecule is N#Cc1ccc(-c2nc3cc(C#N)c4c(-c5ccc(-c6cc(F)c(F)c(F)c6)cc5)nc5ccccc5c4c3nc2-c2ccc(C#N)cc2)cc1. The van der Waals surface area contributed by atoms with E-state index in [2.05, 4.69) is 18.2 Å². The number of aromatic nitrogens is 3. The van der Waals surface area contributed by atoms with Gasteiger partial charge in [0.25, 0.3) is 0 Å². The molecule has 0 fully saturated rings. The van der Waals surface area contributed by atoms with Crippen molar-refractivity contribution in [1.29, 1.82) is 15.8 Å². The highest BCUT2D eigenvalue weighted by Gasteiger charge is 2.22. The zero-order valence-electron chi connectivity index (χ0n) is 26.3. The molecule has 2 heterocycles. The van der Waals surface area contributed by atoms with Crippen molar-refractivity contribution >= 4 is 32.7 Å². The third-order valence-electron chi connectivity index (χ3n) is 8.77. The number of benzene rings is 6. The summed E-state index contributed by atoms with van der Waals surface area (Å²) in [5.41, 5.74) is 7.14. The van der Waals surface area contributed by atoms with Crippen molar-refractivity contribution in [3.05, 3.63) is 149 Å². The molecule has 0 saturated heterocycles. The van der Waals surface area contributed by atoms with E-state index in [4.69, 9.17) is 15.0 Å². The Morgan fingerprint density at radius 2 is 0.961 bits per heavy atom. The molecule has 0 bridgehead atoms. The Hall–Kier alpha value is -7.41. The van der Waals surface area contributed by atoms with Gasteiger partial charge in [-0.1, -0.05) is 66.7 Å². The number of pyridine rings is 1. The second kappa shape index (κ2) is 12.2. The summed E-state index contributed by atoms with van der Waals surface area (Å²) in [5, 5.41) is 31.3. The highest BCUT2D eigenvalue weighted by molar-refractivity contribution is 6.22. The summed E-state index contributed by atoms with van der Waals surface area (Å²) < 4.78 is 41.7. The number of fused-ring (bicyclic) bond motifs is 5. The van der Waals surface area contributed by atoms with Gasteiger partial charge in [-0.3, -0.25) is 0 Å². The van der Waals surface area contributed by atoms with E-state index < -0.39 is 17.5 Å². The van der Waals surface area contributed by atoms with Gasteiger partial charge >= 0.3 is 0 Å². The first kappa shape index (κ1) is 30.9. The van der Waals surface area contributed by atoms with Crippen molar-refractivity contribution < 1.29 is 13.2 Å². The lowest BCUT2D eigenvalue weighted by Gasteiger charge is -2.16. The second-order valence-electron chi connectivity index (χ2n) is 11.8. The second-order valence-corrected chi connectivity index (χ2v) is 11.8.